The minimum atomic E-state index is -0.183. The zero-order valence-electron chi connectivity index (χ0n) is 9.46. The lowest BCUT2D eigenvalue weighted by Crippen LogP contribution is -2.42. The Bertz CT molecular complexity index is 463. The molecule has 1 aromatic rings. The lowest BCUT2D eigenvalue weighted by atomic mass is 10.2. The molecule has 0 unspecified atom stereocenters. The SMILES string of the molecule is Cc1cc(Br)cc(Cl)c1N=C(N)N(C)C(=N)N. The van der Waals surface area contributed by atoms with E-state index in [4.69, 9.17) is 28.5 Å². The molecule has 92 valence electrons. The van der Waals surface area contributed by atoms with Crippen LogP contribution in [0.1, 0.15) is 5.56 Å². The molecule has 0 aliphatic rings. The van der Waals surface area contributed by atoms with E-state index in [9.17, 15) is 0 Å². The summed E-state index contributed by atoms with van der Waals surface area (Å²) in [5, 5.41) is 7.72. The van der Waals surface area contributed by atoms with Crippen LogP contribution in [0.3, 0.4) is 0 Å². The second-order valence-electron chi connectivity index (χ2n) is 3.47. The van der Waals surface area contributed by atoms with E-state index in [1.54, 1.807) is 13.1 Å². The smallest absolute Gasteiger partial charge is 0.203 e. The van der Waals surface area contributed by atoms with Crippen LogP contribution in [0.2, 0.25) is 5.02 Å². The summed E-state index contributed by atoms with van der Waals surface area (Å²) in [6.07, 6.45) is 0. The molecule has 0 amide bonds. The van der Waals surface area contributed by atoms with Crippen molar-refractivity contribution in [3.63, 3.8) is 0 Å². The van der Waals surface area contributed by atoms with E-state index in [2.05, 4.69) is 20.9 Å². The fourth-order valence-corrected chi connectivity index (χ4v) is 2.16. The van der Waals surface area contributed by atoms with Crippen LogP contribution in [0.4, 0.5) is 5.69 Å². The molecule has 0 radical (unpaired) electrons. The summed E-state index contributed by atoms with van der Waals surface area (Å²) in [5.41, 5.74) is 12.5. The molecule has 0 aromatic heterocycles. The van der Waals surface area contributed by atoms with E-state index < -0.39 is 0 Å². The quantitative estimate of drug-likeness (QED) is 0.547. The number of guanidine groups is 2. The predicted molar refractivity (Wildman–Crippen MR) is 74.8 cm³/mol. The molecular weight excluding hydrogens is 306 g/mol. The van der Waals surface area contributed by atoms with Crippen LogP contribution in [0.25, 0.3) is 0 Å². The maximum absolute atomic E-state index is 7.24. The second-order valence-corrected chi connectivity index (χ2v) is 4.79. The van der Waals surface area contributed by atoms with Crippen LogP contribution in [-0.4, -0.2) is 23.9 Å². The Morgan fingerprint density at radius 2 is 2.06 bits per heavy atom. The Morgan fingerprint density at radius 3 is 2.53 bits per heavy atom. The van der Waals surface area contributed by atoms with Crippen molar-refractivity contribution < 1.29 is 0 Å². The summed E-state index contributed by atoms with van der Waals surface area (Å²) < 4.78 is 0.873. The van der Waals surface area contributed by atoms with Crippen molar-refractivity contribution in [2.75, 3.05) is 7.05 Å². The maximum Gasteiger partial charge on any atom is 0.203 e. The molecule has 17 heavy (non-hydrogen) atoms. The van der Waals surface area contributed by atoms with Crippen LogP contribution in [0, 0.1) is 12.3 Å². The van der Waals surface area contributed by atoms with Gasteiger partial charge in [-0.2, -0.15) is 0 Å². The fraction of sp³-hybridized carbons (Fsp3) is 0.200. The van der Waals surface area contributed by atoms with Crippen molar-refractivity contribution in [2.45, 2.75) is 6.92 Å². The molecule has 5 nitrogen and oxygen atoms in total. The van der Waals surface area contributed by atoms with Gasteiger partial charge >= 0.3 is 0 Å². The van der Waals surface area contributed by atoms with Crippen LogP contribution >= 0.6 is 27.5 Å². The topological polar surface area (TPSA) is 91.5 Å². The molecule has 7 heteroatoms. The molecule has 0 atom stereocenters. The van der Waals surface area contributed by atoms with Gasteiger partial charge in [-0.1, -0.05) is 27.5 Å². The standard InChI is InChI=1S/C10H13BrClN5/c1-5-3-6(11)4-7(12)8(5)16-10(15)17(2)9(13)14/h3-4H,1-2H3,(H3,13,14)(H2,15,16). The van der Waals surface area contributed by atoms with Gasteiger partial charge in [0.15, 0.2) is 5.96 Å². The molecule has 0 fully saturated rings. The van der Waals surface area contributed by atoms with Gasteiger partial charge in [0.05, 0.1) is 10.7 Å². The van der Waals surface area contributed by atoms with Gasteiger partial charge < -0.3 is 11.5 Å². The number of nitrogens with two attached hydrogens (primary N) is 2. The molecule has 1 rings (SSSR count). The van der Waals surface area contributed by atoms with Crippen LogP contribution in [-0.2, 0) is 0 Å². The summed E-state index contributed by atoms with van der Waals surface area (Å²) in [6, 6.07) is 3.61. The summed E-state index contributed by atoms with van der Waals surface area (Å²) in [6.45, 7) is 1.87. The normalized spacial score (nSPS) is 11.4. The Morgan fingerprint density at radius 1 is 1.47 bits per heavy atom. The minimum absolute atomic E-state index is 0.116. The lowest BCUT2D eigenvalue weighted by molar-refractivity contribution is 0.723. The third kappa shape index (κ3) is 3.34. The van der Waals surface area contributed by atoms with Gasteiger partial charge in [-0.25, -0.2) is 4.99 Å². The highest BCUT2D eigenvalue weighted by molar-refractivity contribution is 9.10. The monoisotopic (exact) mass is 317 g/mol. The van der Waals surface area contributed by atoms with E-state index in [1.165, 1.54) is 4.90 Å². The van der Waals surface area contributed by atoms with Gasteiger partial charge in [-0.3, -0.25) is 10.3 Å². The van der Waals surface area contributed by atoms with E-state index in [0.717, 1.165) is 10.0 Å². The second kappa shape index (κ2) is 5.37. The zero-order chi connectivity index (χ0) is 13.2. The minimum Gasteiger partial charge on any atom is -0.370 e. The summed E-state index contributed by atoms with van der Waals surface area (Å²) in [7, 11) is 1.56. The molecule has 5 N–H and O–H groups in total. The van der Waals surface area contributed by atoms with E-state index in [1.807, 2.05) is 13.0 Å². The predicted octanol–water partition coefficient (Wildman–Crippen LogP) is 2.18. The highest BCUT2D eigenvalue weighted by Crippen LogP contribution is 2.32. The molecule has 0 spiro atoms. The van der Waals surface area contributed by atoms with E-state index in [-0.39, 0.29) is 11.9 Å². The van der Waals surface area contributed by atoms with Crippen molar-refractivity contribution >= 4 is 45.1 Å². The van der Waals surface area contributed by atoms with Gasteiger partial charge in [0.25, 0.3) is 0 Å². The number of nitrogens with one attached hydrogen (secondary N) is 1. The van der Waals surface area contributed by atoms with Crippen molar-refractivity contribution in [2.24, 2.45) is 16.5 Å². The fourth-order valence-electron chi connectivity index (χ4n) is 1.15. The van der Waals surface area contributed by atoms with Crippen LogP contribution < -0.4 is 11.5 Å². The third-order valence-electron chi connectivity index (χ3n) is 2.15. The van der Waals surface area contributed by atoms with Gasteiger partial charge in [-0.05, 0) is 24.6 Å². The number of aryl methyl sites for hydroxylation is 1. The Kier molecular flexibility index (Phi) is 4.36. The Hall–Kier alpha value is -1.27. The first-order chi connectivity index (χ1) is 7.82. The molecule has 1 aromatic carbocycles. The number of benzene rings is 1. The van der Waals surface area contributed by atoms with Gasteiger partial charge in [-0.15, -0.1) is 0 Å². The number of hydrogen-bond donors (Lipinski definition) is 3. The zero-order valence-corrected chi connectivity index (χ0v) is 11.8. The highest BCUT2D eigenvalue weighted by atomic mass is 79.9. The van der Waals surface area contributed by atoms with Crippen molar-refractivity contribution in [3.05, 3.63) is 27.2 Å². The number of nitrogens with zero attached hydrogens (tertiary/aromatic N) is 2. The third-order valence-corrected chi connectivity index (χ3v) is 2.90. The van der Waals surface area contributed by atoms with Gasteiger partial charge in [0, 0.05) is 11.5 Å². The maximum atomic E-state index is 7.24. The first kappa shape index (κ1) is 13.8. The van der Waals surface area contributed by atoms with Crippen LogP contribution in [0.15, 0.2) is 21.6 Å². The van der Waals surface area contributed by atoms with E-state index >= 15 is 0 Å². The molecule has 0 heterocycles. The number of halogens is 2. The van der Waals surface area contributed by atoms with Gasteiger partial charge in [0.2, 0.25) is 5.96 Å². The highest BCUT2D eigenvalue weighted by Gasteiger charge is 2.09. The summed E-state index contributed by atoms with van der Waals surface area (Å²) in [4.78, 5) is 5.43. The molecule has 0 aliphatic carbocycles. The summed E-state index contributed by atoms with van der Waals surface area (Å²) in [5.74, 6) is -0.0676. The van der Waals surface area contributed by atoms with Crippen molar-refractivity contribution in [1.29, 1.82) is 5.41 Å². The van der Waals surface area contributed by atoms with Crippen LogP contribution in [0.5, 0.6) is 0 Å². The van der Waals surface area contributed by atoms with Crippen molar-refractivity contribution in [1.82, 2.24) is 4.90 Å². The molecular formula is C10H13BrClN5. The summed E-state index contributed by atoms with van der Waals surface area (Å²) >= 11 is 9.40. The number of aliphatic imine (C=N–C) groups is 1. The lowest BCUT2D eigenvalue weighted by Gasteiger charge is -2.15. The van der Waals surface area contributed by atoms with E-state index in [0.29, 0.717) is 10.7 Å². The molecule has 0 saturated heterocycles. The molecule has 0 aliphatic heterocycles. The first-order valence-corrected chi connectivity index (χ1v) is 5.87. The van der Waals surface area contributed by atoms with Gasteiger partial charge in [0.1, 0.15) is 0 Å². The van der Waals surface area contributed by atoms with Crippen molar-refractivity contribution in [3.8, 4) is 0 Å². The largest absolute Gasteiger partial charge is 0.370 e. The molecule has 0 bridgehead atoms. The number of hydrogen-bond acceptors (Lipinski definition) is 2. The Balaban J connectivity index is 3.19. The first-order valence-electron chi connectivity index (χ1n) is 4.70. The average Bonchev–Trinajstić information content (AvgIpc) is 2.21. The molecule has 0 saturated carbocycles. The average molecular weight is 319 g/mol. The Labute approximate surface area is 113 Å². The number of rotatable bonds is 1.